The molecule has 1 aromatic rings. The minimum absolute atomic E-state index is 0.0152. The van der Waals surface area contributed by atoms with Crippen LogP contribution in [0.25, 0.3) is 0 Å². The summed E-state index contributed by atoms with van der Waals surface area (Å²) in [7, 11) is -0.761. The highest BCUT2D eigenvalue weighted by Crippen LogP contribution is 2.64. The van der Waals surface area contributed by atoms with Crippen molar-refractivity contribution in [2.24, 2.45) is 22.5 Å². The van der Waals surface area contributed by atoms with Gasteiger partial charge in [0, 0.05) is 18.4 Å². The Morgan fingerprint density at radius 2 is 1.80 bits per heavy atom. The summed E-state index contributed by atoms with van der Waals surface area (Å²) >= 11 is 0. The average molecular weight is 440 g/mol. The van der Waals surface area contributed by atoms with E-state index in [0.29, 0.717) is 18.8 Å². The highest BCUT2D eigenvalue weighted by atomic mass is 32.2. The van der Waals surface area contributed by atoms with Crippen LogP contribution in [0.4, 0.5) is 0 Å². The van der Waals surface area contributed by atoms with E-state index in [0.717, 1.165) is 24.3 Å². The quantitative estimate of drug-likeness (QED) is 0.678. The van der Waals surface area contributed by atoms with Crippen LogP contribution in [-0.2, 0) is 21.3 Å². The van der Waals surface area contributed by atoms with Crippen molar-refractivity contribution in [3.63, 3.8) is 0 Å². The lowest BCUT2D eigenvalue weighted by Gasteiger charge is -2.35. The number of methoxy groups -OCH3 is 2. The van der Waals surface area contributed by atoms with E-state index in [-0.39, 0.29) is 23.2 Å². The van der Waals surface area contributed by atoms with Crippen molar-refractivity contribution in [3.8, 4) is 11.5 Å². The second-order valence-corrected chi connectivity index (χ2v) is 10.9. The summed E-state index contributed by atoms with van der Waals surface area (Å²) in [6.45, 7) is 5.94. The maximum Gasteiger partial charge on any atom is 0.265 e. The number of benzene rings is 1. The monoisotopic (exact) mass is 439 g/mol. The minimum Gasteiger partial charge on any atom is -0.493 e. The normalized spacial score (nSPS) is 29.4. The zero-order valence-electron chi connectivity index (χ0n) is 18.4. The molecular formula is C22H33NO6S. The second-order valence-electron chi connectivity index (χ2n) is 9.47. The van der Waals surface area contributed by atoms with Gasteiger partial charge in [-0.1, -0.05) is 13.8 Å². The van der Waals surface area contributed by atoms with Crippen LogP contribution in [-0.4, -0.2) is 44.8 Å². The summed E-state index contributed by atoms with van der Waals surface area (Å²) in [5, 5.41) is 0. The molecule has 0 aromatic heterocycles. The number of ketones is 1. The highest BCUT2D eigenvalue weighted by molar-refractivity contribution is 7.85. The molecule has 0 radical (unpaired) electrons. The number of carbonyl (C=O) groups excluding carboxylic acids is 1. The van der Waals surface area contributed by atoms with Crippen LogP contribution in [0, 0.1) is 16.7 Å². The van der Waals surface area contributed by atoms with Gasteiger partial charge in [0.15, 0.2) is 11.5 Å². The van der Waals surface area contributed by atoms with Gasteiger partial charge in [-0.25, -0.2) is 0 Å². The molecule has 168 valence electrons. The minimum atomic E-state index is -4.08. The Hall–Kier alpha value is -1.64. The third-order valence-corrected chi connectivity index (χ3v) is 8.54. The molecule has 4 rings (SSSR count). The maximum absolute atomic E-state index is 11.9. The summed E-state index contributed by atoms with van der Waals surface area (Å²) < 4.78 is 41.5. The van der Waals surface area contributed by atoms with Crippen molar-refractivity contribution < 1.29 is 27.2 Å². The number of rotatable bonds is 5. The molecule has 0 amide bonds. The third-order valence-electron chi connectivity index (χ3n) is 7.69. The largest absolute Gasteiger partial charge is 0.493 e. The van der Waals surface area contributed by atoms with E-state index in [1.807, 2.05) is 32.9 Å². The molecule has 2 saturated carbocycles. The Balaban J connectivity index is 0.000000171. The summed E-state index contributed by atoms with van der Waals surface area (Å²) in [5.74, 6) is 1.97. The van der Waals surface area contributed by atoms with Gasteiger partial charge in [0.2, 0.25) is 0 Å². The lowest BCUT2D eigenvalue weighted by atomic mass is 9.70. The molecule has 2 fully saturated rings. The summed E-state index contributed by atoms with van der Waals surface area (Å²) in [4.78, 5) is 11.9. The Bertz CT molecular complexity index is 939. The Morgan fingerprint density at radius 3 is 2.23 bits per heavy atom. The van der Waals surface area contributed by atoms with Gasteiger partial charge in [0.05, 0.1) is 25.4 Å². The number of hydrogen-bond donors (Lipinski definition) is 2. The molecule has 0 aliphatic heterocycles. The van der Waals surface area contributed by atoms with E-state index in [9.17, 15) is 13.2 Å². The number of fused-ring (bicyclic) bond motifs is 3. The summed E-state index contributed by atoms with van der Waals surface area (Å²) in [6, 6.07) is 4.30. The maximum atomic E-state index is 11.9. The lowest BCUT2D eigenvalue weighted by molar-refractivity contribution is -0.128. The first kappa shape index (κ1) is 23.0. The zero-order valence-corrected chi connectivity index (χ0v) is 19.2. The van der Waals surface area contributed by atoms with Gasteiger partial charge in [-0.2, -0.15) is 8.42 Å². The molecule has 3 aliphatic rings. The fourth-order valence-electron chi connectivity index (χ4n) is 5.56. The topological polar surface area (TPSA) is 116 Å². The highest BCUT2D eigenvalue weighted by Gasteiger charge is 2.65. The van der Waals surface area contributed by atoms with Gasteiger partial charge >= 0.3 is 0 Å². The van der Waals surface area contributed by atoms with E-state index in [4.69, 9.17) is 19.8 Å². The summed E-state index contributed by atoms with van der Waals surface area (Å²) in [6.07, 6.45) is 3.02. The first-order chi connectivity index (χ1) is 13.9. The smallest absolute Gasteiger partial charge is 0.265 e. The molecule has 3 unspecified atom stereocenters. The molecular weight excluding hydrogens is 406 g/mol. The molecule has 1 aromatic carbocycles. The van der Waals surface area contributed by atoms with Crippen LogP contribution in [0.3, 0.4) is 0 Å². The van der Waals surface area contributed by atoms with Crippen molar-refractivity contribution in [2.45, 2.75) is 58.4 Å². The second kappa shape index (κ2) is 7.80. The Kier molecular flexibility index (Phi) is 5.99. The molecule has 3 aliphatic carbocycles. The van der Waals surface area contributed by atoms with Crippen LogP contribution >= 0.6 is 0 Å². The first-order valence-electron chi connectivity index (χ1n) is 10.3. The molecule has 7 nitrogen and oxygen atoms in total. The Morgan fingerprint density at radius 1 is 1.20 bits per heavy atom. The first-order valence-corrected chi connectivity index (χ1v) is 12.0. The van der Waals surface area contributed by atoms with Crippen LogP contribution in [0.1, 0.15) is 57.1 Å². The molecule has 0 heterocycles. The van der Waals surface area contributed by atoms with Crippen molar-refractivity contribution >= 4 is 15.9 Å². The van der Waals surface area contributed by atoms with E-state index in [2.05, 4.69) is 0 Å². The van der Waals surface area contributed by atoms with Crippen molar-refractivity contribution in [1.82, 2.24) is 0 Å². The van der Waals surface area contributed by atoms with Crippen molar-refractivity contribution in [1.29, 1.82) is 0 Å². The van der Waals surface area contributed by atoms with E-state index >= 15 is 0 Å². The third kappa shape index (κ3) is 3.74. The fraction of sp³-hybridized carbons (Fsp3) is 0.682. The molecule has 0 saturated heterocycles. The van der Waals surface area contributed by atoms with E-state index < -0.39 is 21.3 Å². The number of nitrogens with two attached hydrogens (primary N) is 1. The zero-order chi connectivity index (χ0) is 22.5. The molecule has 3 N–H and O–H groups in total. The number of carbonyl (C=O) groups is 1. The SMILES string of the molecule is CC1(C)C2CCC1(CS(=O)(=O)O)C(=O)C2.COc1cc2c(cc1OC)[C@@H](C(C)N)C2. The molecule has 4 atom stereocenters. The molecule has 8 heteroatoms. The molecule has 2 bridgehead atoms. The van der Waals surface area contributed by atoms with E-state index in [1.54, 1.807) is 14.2 Å². The fourth-order valence-corrected chi connectivity index (χ4v) is 6.86. The van der Waals surface area contributed by atoms with Gasteiger partial charge in [0.25, 0.3) is 10.1 Å². The van der Waals surface area contributed by atoms with Gasteiger partial charge in [0.1, 0.15) is 5.78 Å². The predicted molar refractivity (Wildman–Crippen MR) is 115 cm³/mol. The number of Topliss-reactive ketones (excluding diaryl/α,β-unsaturated/α-hetero) is 1. The van der Waals surface area contributed by atoms with Crippen LogP contribution < -0.4 is 15.2 Å². The average Bonchev–Trinajstić information content (AvgIpc) is 2.95. The standard InChI is InChI=1S/C12H17NO2.C10H16O4S/c1-7(13)9-4-8-5-11(14-2)12(15-3)6-10(8)9;1-9(2)7-3-4-10(9,8(11)5-7)6-15(12,13)14/h5-7,9H,4,13H2,1-3H3;7H,3-6H2,1-2H3,(H,12,13,14)/t7?,9-;/m1./s1. The van der Waals surface area contributed by atoms with Gasteiger partial charge in [-0.15, -0.1) is 0 Å². The molecule has 0 spiro atoms. The van der Waals surface area contributed by atoms with Gasteiger partial charge in [-0.05, 0) is 60.8 Å². The van der Waals surface area contributed by atoms with Gasteiger partial charge < -0.3 is 15.2 Å². The van der Waals surface area contributed by atoms with E-state index in [1.165, 1.54) is 11.1 Å². The summed E-state index contributed by atoms with van der Waals surface area (Å²) in [5.41, 5.74) is 7.42. The lowest BCUT2D eigenvalue weighted by Crippen LogP contribution is -2.42. The van der Waals surface area contributed by atoms with Crippen LogP contribution in [0.2, 0.25) is 0 Å². The van der Waals surface area contributed by atoms with Gasteiger partial charge in [-0.3, -0.25) is 9.35 Å². The van der Waals surface area contributed by atoms with Crippen molar-refractivity contribution in [3.05, 3.63) is 23.3 Å². The molecule has 30 heavy (non-hydrogen) atoms. The van der Waals surface area contributed by atoms with Crippen LogP contribution in [0.5, 0.6) is 11.5 Å². The van der Waals surface area contributed by atoms with Crippen LogP contribution in [0.15, 0.2) is 12.1 Å². The predicted octanol–water partition coefficient (Wildman–Crippen LogP) is 2.96. The van der Waals surface area contributed by atoms with Crippen molar-refractivity contribution in [2.75, 3.05) is 20.0 Å². The Labute approximate surface area is 179 Å². The number of ether oxygens (including phenoxy) is 2. The number of hydrogen-bond acceptors (Lipinski definition) is 6.